The first kappa shape index (κ1) is 6.89. The van der Waals surface area contributed by atoms with E-state index in [1.54, 1.807) is 12.5 Å². The highest BCUT2D eigenvalue weighted by atomic mass is 16.5. The van der Waals surface area contributed by atoms with Crippen molar-refractivity contribution >= 4 is 6.21 Å². The smallest absolute Gasteiger partial charge is 0.136 e. The molecule has 0 aromatic rings. The second kappa shape index (κ2) is 3.07. The van der Waals surface area contributed by atoms with Crippen LogP contribution in [0.1, 0.15) is 25.7 Å². The molecular formula is C9H13NO. The maximum atomic E-state index is 5.43. The van der Waals surface area contributed by atoms with Crippen molar-refractivity contribution in [2.75, 3.05) is 0 Å². The van der Waals surface area contributed by atoms with E-state index in [4.69, 9.17) is 4.74 Å². The summed E-state index contributed by atoms with van der Waals surface area (Å²) in [7, 11) is 0. The molecule has 2 rings (SSSR count). The van der Waals surface area contributed by atoms with Gasteiger partial charge in [0.2, 0.25) is 0 Å². The highest BCUT2D eigenvalue weighted by molar-refractivity contribution is 5.65. The molecule has 0 saturated heterocycles. The molecular weight excluding hydrogens is 138 g/mol. The van der Waals surface area contributed by atoms with Crippen LogP contribution in [0, 0.1) is 5.92 Å². The third-order valence-corrected chi connectivity index (χ3v) is 2.48. The van der Waals surface area contributed by atoms with Crippen molar-refractivity contribution in [3.8, 4) is 0 Å². The van der Waals surface area contributed by atoms with E-state index in [0.29, 0.717) is 0 Å². The third-order valence-electron chi connectivity index (χ3n) is 2.48. The van der Waals surface area contributed by atoms with Gasteiger partial charge in [0.05, 0.1) is 6.20 Å². The average molecular weight is 151 g/mol. The van der Waals surface area contributed by atoms with Crippen molar-refractivity contribution < 1.29 is 4.74 Å². The Morgan fingerprint density at radius 3 is 2.73 bits per heavy atom. The zero-order valence-corrected chi connectivity index (χ0v) is 6.57. The molecule has 0 radical (unpaired) electrons. The quantitative estimate of drug-likeness (QED) is 0.562. The van der Waals surface area contributed by atoms with E-state index in [-0.39, 0.29) is 6.10 Å². The molecule has 1 unspecified atom stereocenters. The van der Waals surface area contributed by atoms with Crippen molar-refractivity contribution in [2.45, 2.75) is 31.8 Å². The number of rotatable bonds is 1. The van der Waals surface area contributed by atoms with E-state index in [2.05, 4.69) is 4.99 Å². The molecule has 1 heterocycles. The zero-order chi connectivity index (χ0) is 7.52. The van der Waals surface area contributed by atoms with E-state index >= 15 is 0 Å². The molecule has 1 saturated carbocycles. The molecule has 60 valence electrons. The molecule has 1 aliphatic carbocycles. The molecule has 2 aliphatic rings. The maximum Gasteiger partial charge on any atom is 0.136 e. The van der Waals surface area contributed by atoms with E-state index in [0.717, 1.165) is 5.92 Å². The summed E-state index contributed by atoms with van der Waals surface area (Å²) in [6.07, 6.45) is 10.9. The van der Waals surface area contributed by atoms with Gasteiger partial charge in [-0.25, -0.2) is 0 Å². The van der Waals surface area contributed by atoms with Gasteiger partial charge in [-0.2, -0.15) is 0 Å². The minimum atomic E-state index is 0.266. The number of aliphatic imine (C=N–C) groups is 1. The van der Waals surface area contributed by atoms with Crippen molar-refractivity contribution in [1.82, 2.24) is 0 Å². The fraction of sp³-hybridized carbons (Fsp3) is 0.667. The Balaban J connectivity index is 1.94. The second-order valence-electron chi connectivity index (χ2n) is 3.23. The molecule has 0 aromatic carbocycles. The van der Waals surface area contributed by atoms with Gasteiger partial charge in [-0.1, -0.05) is 12.8 Å². The van der Waals surface area contributed by atoms with E-state index < -0.39 is 0 Å². The highest BCUT2D eigenvalue weighted by Gasteiger charge is 2.24. The summed E-state index contributed by atoms with van der Waals surface area (Å²) in [5.41, 5.74) is 0. The van der Waals surface area contributed by atoms with Gasteiger partial charge in [-0.3, -0.25) is 4.99 Å². The Hall–Kier alpha value is -0.790. The summed E-state index contributed by atoms with van der Waals surface area (Å²) in [5.74, 6) is 0.726. The Kier molecular flexibility index (Phi) is 1.93. The normalized spacial score (nSPS) is 30.7. The fourth-order valence-corrected chi connectivity index (χ4v) is 1.85. The molecule has 1 atom stereocenters. The molecule has 0 amide bonds. The predicted octanol–water partition coefficient (Wildman–Crippen LogP) is 2.12. The Labute approximate surface area is 67.0 Å². The van der Waals surface area contributed by atoms with Crippen LogP contribution < -0.4 is 0 Å². The lowest BCUT2D eigenvalue weighted by molar-refractivity contribution is 0.146. The van der Waals surface area contributed by atoms with Gasteiger partial charge in [-0.15, -0.1) is 0 Å². The van der Waals surface area contributed by atoms with Crippen molar-refractivity contribution in [3.05, 3.63) is 12.5 Å². The SMILES string of the molecule is C1=COC(C2CCCC2)C=N1. The minimum Gasteiger partial charge on any atom is -0.490 e. The van der Waals surface area contributed by atoms with Gasteiger partial charge in [0.15, 0.2) is 0 Å². The largest absolute Gasteiger partial charge is 0.490 e. The van der Waals surface area contributed by atoms with Crippen molar-refractivity contribution in [1.29, 1.82) is 0 Å². The molecule has 0 bridgehead atoms. The van der Waals surface area contributed by atoms with Crippen molar-refractivity contribution in [3.63, 3.8) is 0 Å². The summed E-state index contributed by atoms with van der Waals surface area (Å²) in [5, 5.41) is 0. The maximum absolute atomic E-state index is 5.43. The van der Waals surface area contributed by atoms with Gasteiger partial charge in [0.1, 0.15) is 12.4 Å². The standard InChI is InChI=1S/C9H13NO/c1-2-4-8(3-1)9-7-10-5-6-11-9/h5-9H,1-4H2. The lowest BCUT2D eigenvalue weighted by Crippen LogP contribution is -2.22. The average Bonchev–Trinajstić information content (AvgIpc) is 2.58. The summed E-state index contributed by atoms with van der Waals surface area (Å²) in [6.45, 7) is 0. The second-order valence-corrected chi connectivity index (χ2v) is 3.23. The highest BCUT2D eigenvalue weighted by Crippen LogP contribution is 2.29. The van der Waals surface area contributed by atoms with Crippen LogP contribution in [-0.2, 0) is 4.74 Å². The first-order valence-corrected chi connectivity index (χ1v) is 4.30. The van der Waals surface area contributed by atoms with Crippen LogP contribution in [0.5, 0.6) is 0 Å². The van der Waals surface area contributed by atoms with Crippen LogP contribution in [0.2, 0.25) is 0 Å². The lowest BCUT2D eigenvalue weighted by Gasteiger charge is -2.19. The van der Waals surface area contributed by atoms with Gasteiger partial charge in [0, 0.05) is 12.1 Å². The van der Waals surface area contributed by atoms with Crippen LogP contribution in [0.25, 0.3) is 0 Å². The minimum absolute atomic E-state index is 0.266. The molecule has 11 heavy (non-hydrogen) atoms. The van der Waals surface area contributed by atoms with Crippen LogP contribution in [-0.4, -0.2) is 12.3 Å². The van der Waals surface area contributed by atoms with E-state index in [1.165, 1.54) is 25.7 Å². The number of nitrogens with zero attached hydrogens (tertiary/aromatic N) is 1. The number of hydrogen-bond donors (Lipinski definition) is 0. The Bertz CT molecular complexity index is 180. The third kappa shape index (κ3) is 1.44. The van der Waals surface area contributed by atoms with Gasteiger partial charge in [-0.05, 0) is 12.8 Å². The lowest BCUT2D eigenvalue weighted by atomic mass is 10.0. The van der Waals surface area contributed by atoms with Gasteiger partial charge < -0.3 is 4.74 Å². The van der Waals surface area contributed by atoms with Crippen LogP contribution >= 0.6 is 0 Å². The molecule has 1 aliphatic heterocycles. The first-order chi connectivity index (χ1) is 5.47. The summed E-state index contributed by atoms with van der Waals surface area (Å²) >= 11 is 0. The molecule has 0 N–H and O–H groups in total. The number of hydrogen-bond acceptors (Lipinski definition) is 2. The zero-order valence-electron chi connectivity index (χ0n) is 6.57. The first-order valence-electron chi connectivity index (χ1n) is 4.30. The van der Waals surface area contributed by atoms with Crippen LogP contribution in [0.3, 0.4) is 0 Å². The number of ether oxygens (including phenoxy) is 1. The predicted molar refractivity (Wildman–Crippen MR) is 44.5 cm³/mol. The van der Waals surface area contributed by atoms with Gasteiger partial charge in [0.25, 0.3) is 0 Å². The molecule has 2 nitrogen and oxygen atoms in total. The molecule has 0 aromatic heterocycles. The van der Waals surface area contributed by atoms with Crippen LogP contribution in [0.4, 0.5) is 0 Å². The fourth-order valence-electron chi connectivity index (χ4n) is 1.85. The molecule has 0 spiro atoms. The van der Waals surface area contributed by atoms with Gasteiger partial charge >= 0.3 is 0 Å². The summed E-state index contributed by atoms with van der Waals surface area (Å²) in [4.78, 5) is 4.07. The molecule has 1 fully saturated rings. The topological polar surface area (TPSA) is 21.6 Å². The summed E-state index contributed by atoms with van der Waals surface area (Å²) < 4.78 is 5.43. The van der Waals surface area contributed by atoms with Crippen LogP contribution in [0.15, 0.2) is 17.5 Å². The Morgan fingerprint density at radius 2 is 2.09 bits per heavy atom. The summed E-state index contributed by atoms with van der Waals surface area (Å²) in [6, 6.07) is 0. The monoisotopic (exact) mass is 151 g/mol. The van der Waals surface area contributed by atoms with E-state index in [9.17, 15) is 0 Å². The van der Waals surface area contributed by atoms with Crippen molar-refractivity contribution in [2.24, 2.45) is 10.9 Å². The Morgan fingerprint density at radius 1 is 1.27 bits per heavy atom. The molecule has 2 heteroatoms. The van der Waals surface area contributed by atoms with E-state index in [1.807, 2.05) is 6.21 Å².